The summed E-state index contributed by atoms with van der Waals surface area (Å²) in [5.74, 6) is 2.57. The summed E-state index contributed by atoms with van der Waals surface area (Å²) in [7, 11) is 3.15. The van der Waals surface area contributed by atoms with E-state index in [-0.39, 0.29) is 17.2 Å². The average Bonchev–Trinajstić information content (AvgIpc) is 3.30. The Balaban J connectivity index is 1.35. The van der Waals surface area contributed by atoms with Gasteiger partial charge in [-0.25, -0.2) is 4.79 Å². The molecule has 0 atom stereocenters. The van der Waals surface area contributed by atoms with Crippen LogP contribution in [0.1, 0.15) is 33.1 Å². The van der Waals surface area contributed by atoms with E-state index < -0.39 is 0 Å². The van der Waals surface area contributed by atoms with Crippen molar-refractivity contribution in [2.24, 2.45) is 14.1 Å². The minimum Gasteiger partial charge on any atom is -0.455 e. The van der Waals surface area contributed by atoms with E-state index in [0.29, 0.717) is 49.1 Å². The molecule has 0 spiro atoms. The first-order valence-corrected chi connectivity index (χ1v) is 12.4. The average molecular weight is 483 g/mol. The molecule has 0 bridgehead atoms. The first kappa shape index (κ1) is 23.9. The normalized spacial score (nSPS) is 14.0. The molecule has 0 N–H and O–H groups in total. The van der Waals surface area contributed by atoms with Gasteiger partial charge < -0.3 is 14.2 Å². The Morgan fingerprint density at radius 2 is 1.71 bits per heavy atom. The summed E-state index contributed by atoms with van der Waals surface area (Å²) in [6.45, 7) is 5.84. The highest BCUT2D eigenvalue weighted by Crippen LogP contribution is 2.22. The third-order valence-corrected chi connectivity index (χ3v) is 7.30. The number of piperazine rings is 1. The van der Waals surface area contributed by atoms with Crippen LogP contribution in [0.2, 0.25) is 0 Å². The summed E-state index contributed by atoms with van der Waals surface area (Å²) in [6.07, 6.45) is 0. The number of nitrogens with zero attached hydrogens (tertiary/aromatic N) is 4. The molecule has 34 heavy (non-hydrogen) atoms. The van der Waals surface area contributed by atoms with Crippen molar-refractivity contribution in [3.05, 3.63) is 85.6 Å². The number of anilines is 1. The van der Waals surface area contributed by atoms with E-state index in [1.165, 1.54) is 22.7 Å². The fourth-order valence-electron chi connectivity index (χ4n) is 4.22. The smallest absolute Gasteiger partial charge is 0.330 e. The van der Waals surface area contributed by atoms with E-state index in [9.17, 15) is 14.4 Å². The van der Waals surface area contributed by atoms with E-state index in [1.54, 1.807) is 36.7 Å². The Bertz CT molecular complexity index is 1320. The maximum Gasteiger partial charge on any atom is 0.330 e. The fourth-order valence-corrected chi connectivity index (χ4v) is 5.10. The number of carbonyl (C=O) groups excluding carboxylic acids is 1. The number of rotatable bonds is 6. The highest BCUT2D eigenvalue weighted by molar-refractivity contribution is 7.97. The Morgan fingerprint density at radius 1 is 0.971 bits per heavy atom. The highest BCUT2D eigenvalue weighted by Gasteiger charge is 2.27. The zero-order valence-corrected chi connectivity index (χ0v) is 20.9. The molecular weight excluding hydrogens is 452 g/mol. The van der Waals surface area contributed by atoms with Crippen LogP contribution in [0.25, 0.3) is 0 Å². The van der Waals surface area contributed by atoms with Crippen LogP contribution in [0.3, 0.4) is 0 Å². The minimum atomic E-state index is -0.342. The third kappa shape index (κ3) is 4.84. The van der Waals surface area contributed by atoms with Crippen LogP contribution < -0.4 is 16.1 Å². The number of hydrogen-bond donors (Lipinski definition) is 0. The molecule has 0 saturated carbocycles. The minimum absolute atomic E-state index is 0.139. The van der Waals surface area contributed by atoms with Gasteiger partial charge in [0.25, 0.3) is 11.5 Å². The number of thioether (sulfide) groups is 1. The van der Waals surface area contributed by atoms with Crippen LogP contribution >= 0.6 is 11.8 Å². The molecule has 3 heterocycles. The van der Waals surface area contributed by atoms with Crippen LogP contribution in [0, 0.1) is 13.8 Å². The molecule has 1 saturated heterocycles. The summed E-state index contributed by atoms with van der Waals surface area (Å²) in [6, 6.07) is 12.0. The van der Waals surface area contributed by atoms with Gasteiger partial charge in [0.1, 0.15) is 11.4 Å². The van der Waals surface area contributed by atoms with Gasteiger partial charge in [-0.1, -0.05) is 29.8 Å². The lowest BCUT2D eigenvalue weighted by Gasteiger charge is -2.36. The van der Waals surface area contributed by atoms with Gasteiger partial charge in [-0.15, -0.1) is 11.8 Å². The standard InChI is InChI=1S/C25H30N4O4S/c1-17-6-5-7-19(14-17)15-34-16-20-8-9-21(33-20)23(30)29-12-10-28(11-13-29)22-18(2)26(3)25(32)27(4)24(22)31/h5-9,14H,10-13,15-16H2,1-4H3. The molecule has 1 aromatic carbocycles. The van der Waals surface area contributed by atoms with E-state index in [0.717, 1.165) is 16.1 Å². The fraction of sp³-hybridized carbons (Fsp3) is 0.400. The lowest BCUT2D eigenvalue weighted by atomic mass is 10.2. The molecule has 1 aliphatic rings. The number of hydrogen-bond acceptors (Lipinski definition) is 6. The molecule has 1 fully saturated rings. The zero-order chi connectivity index (χ0) is 24.4. The highest BCUT2D eigenvalue weighted by atomic mass is 32.2. The number of aryl methyl sites for hydroxylation is 1. The summed E-state index contributed by atoms with van der Waals surface area (Å²) in [4.78, 5) is 41.5. The zero-order valence-electron chi connectivity index (χ0n) is 20.0. The second kappa shape index (κ2) is 9.97. The molecule has 8 nitrogen and oxygen atoms in total. The SMILES string of the molecule is Cc1cccc(CSCc2ccc(C(=O)N3CCN(c4c(C)n(C)c(=O)n(C)c4=O)CC3)o2)c1. The number of benzene rings is 1. The summed E-state index contributed by atoms with van der Waals surface area (Å²) >= 11 is 1.75. The Morgan fingerprint density at radius 3 is 2.41 bits per heavy atom. The van der Waals surface area contributed by atoms with E-state index in [4.69, 9.17) is 4.42 Å². The molecule has 3 aromatic rings. The van der Waals surface area contributed by atoms with Crippen LogP contribution in [0.15, 0.2) is 50.4 Å². The van der Waals surface area contributed by atoms with Gasteiger partial charge in [0.05, 0.1) is 5.75 Å². The third-order valence-electron chi connectivity index (χ3n) is 6.28. The predicted octanol–water partition coefficient (Wildman–Crippen LogP) is 2.69. The van der Waals surface area contributed by atoms with Gasteiger partial charge in [-0.2, -0.15) is 0 Å². The van der Waals surface area contributed by atoms with Crippen molar-refractivity contribution in [2.75, 3.05) is 31.1 Å². The van der Waals surface area contributed by atoms with Crippen molar-refractivity contribution in [3.63, 3.8) is 0 Å². The van der Waals surface area contributed by atoms with Gasteiger partial charge in [0, 0.05) is 51.7 Å². The van der Waals surface area contributed by atoms with Crippen molar-refractivity contribution in [3.8, 4) is 0 Å². The summed E-state index contributed by atoms with van der Waals surface area (Å²) < 4.78 is 8.45. The van der Waals surface area contributed by atoms with Crippen LogP contribution in [0.5, 0.6) is 0 Å². The first-order valence-electron chi connectivity index (χ1n) is 11.3. The van der Waals surface area contributed by atoms with Crippen LogP contribution in [-0.2, 0) is 25.6 Å². The number of aromatic nitrogens is 2. The topological polar surface area (TPSA) is 80.7 Å². The second-order valence-corrected chi connectivity index (χ2v) is 9.65. The lowest BCUT2D eigenvalue weighted by Crippen LogP contribution is -2.52. The Kier molecular flexibility index (Phi) is 7.02. The Labute approximate surface area is 202 Å². The molecule has 0 unspecified atom stereocenters. The van der Waals surface area contributed by atoms with Crippen LogP contribution in [0.4, 0.5) is 5.69 Å². The van der Waals surface area contributed by atoms with Gasteiger partial charge in [-0.3, -0.25) is 18.7 Å². The van der Waals surface area contributed by atoms with E-state index in [2.05, 4.69) is 31.2 Å². The van der Waals surface area contributed by atoms with Crippen molar-refractivity contribution in [2.45, 2.75) is 25.4 Å². The van der Waals surface area contributed by atoms with Gasteiger partial charge in [-0.05, 0) is 31.5 Å². The molecule has 1 amide bonds. The summed E-state index contributed by atoms with van der Waals surface area (Å²) in [5.41, 5.74) is 3.02. The Hall–Kier alpha value is -3.20. The second-order valence-electron chi connectivity index (χ2n) is 8.67. The maximum atomic E-state index is 13.0. The van der Waals surface area contributed by atoms with E-state index in [1.807, 2.05) is 11.0 Å². The molecular formula is C25H30N4O4S. The molecule has 180 valence electrons. The predicted molar refractivity (Wildman–Crippen MR) is 135 cm³/mol. The van der Waals surface area contributed by atoms with Crippen molar-refractivity contribution >= 4 is 23.4 Å². The van der Waals surface area contributed by atoms with Gasteiger partial charge >= 0.3 is 5.69 Å². The van der Waals surface area contributed by atoms with E-state index >= 15 is 0 Å². The molecule has 0 aliphatic carbocycles. The molecule has 1 aliphatic heterocycles. The number of amides is 1. The lowest BCUT2D eigenvalue weighted by molar-refractivity contribution is 0.0713. The maximum absolute atomic E-state index is 13.0. The quantitative estimate of drug-likeness (QED) is 0.538. The van der Waals surface area contributed by atoms with Gasteiger partial charge in [0.15, 0.2) is 5.76 Å². The molecule has 4 rings (SSSR count). The summed E-state index contributed by atoms with van der Waals surface area (Å²) in [5, 5.41) is 0. The van der Waals surface area contributed by atoms with Crippen LogP contribution in [-0.4, -0.2) is 46.1 Å². The number of carbonyl (C=O) groups is 1. The van der Waals surface area contributed by atoms with Crippen molar-refractivity contribution < 1.29 is 9.21 Å². The molecule has 9 heteroatoms. The van der Waals surface area contributed by atoms with Crippen molar-refractivity contribution in [1.29, 1.82) is 0 Å². The molecule has 0 radical (unpaired) electrons. The van der Waals surface area contributed by atoms with Gasteiger partial charge in [0.2, 0.25) is 0 Å². The monoisotopic (exact) mass is 482 g/mol. The molecule has 2 aromatic heterocycles. The number of furan rings is 1. The first-order chi connectivity index (χ1) is 16.3. The van der Waals surface area contributed by atoms with Crippen molar-refractivity contribution in [1.82, 2.24) is 14.0 Å². The largest absolute Gasteiger partial charge is 0.455 e.